The quantitative estimate of drug-likeness (QED) is 0.629. The number of anilines is 2. The van der Waals surface area contributed by atoms with Gasteiger partial charge in [-0.05, 0) is 42.0 Å². The van der Waals surface area contributed by atoms with Gasteiger partial charge in [-0.25, -0.2) is 14.1 Å². The number of halogens is 1. The fourth-order valence-corrected chi connectivity index (χ4v) is 2.62. The predicted octanol–water partition coefficient (Wildman–Crippen LogP) is 3.29. The molecule has 0 saturated heterocycles. The normalized spacial score (nSPS) is 10.3. The molecule has 0 unspecified atom stereocenters. The van der Waals surface area contributed by atoms with E-state index in [2.05, 4.69) is 20.7 Å². The van der Waals surface area contributed by atoms with E-state index in [-0.39, 0.29) is 5.82 Å². The summed E-state index contributed by atoms with van der Waals surface area (Å²) in [6, 6.07) is 11.7. The van der Waals surface area contributed by atoms with Gasteiger partial charge < -0.3 is 14.8 Å². The van der Waals surface area contributed by atoms with Gasteiger partial charge in [0.1, 0.15) is 23.6 Å². The van der Waals surface area contributed by atoms with Crippen LogP contribution in [0, 0.1) is 5.82 Å². The fraction of sp³-hybridized carbons (Fsp3) is 0.167. The summed E-state index contributed by atoms with van der Waals surface area (Å²) in [4.78, 5) is 4.16. The average Bonchev–Trinajstić information content (AvgIpc) is 3.08. The van der Waals surface area contributed by atoms with Crippen LogP contribution in [0.3, 0.4) is 0 Å². The molecule has 7 nitrogen and oxygen atoms in total. The molecule has 2 aromatic carbocycles. The summed E-state index contributed by atoms with van der Waals surface area (Å²) >= 11 is 5.30. The number of aromatic nitrogens is 3. The number of ether oxygens (including phenoxy) is 2. The summed E-state index contributed by atoms with van der Waals surface area (Å²) in [5.74, 6) is 1.32. The summed E-state index contributed by atoms with van der Waals surface area (Å²) in [6.45, 7) is 0.399. The number of methoxy groups -OCH3 is 2. The Labute approximate surface area is 161 Å². The Balaban J connectivity index is 1.64. The van der Waals surface area contributed by atoms with Crippen molar-refractivity contribution in [3.63, 3.8) is 0 Å². The first kappa shape index (κ1) is 18.6. The molecule has 0 amide bonds. The van der Waals surface area contributed by atoms with E-state index in [1.165, 1.54) is 12.1 Å². The molecule has 0 fully saturated rings. The summed E-state index contributed by atoms with van der Waals surface area (Å²) in [7, 11) is 3.15. The minimum Gasteiger partial charge on any atom is -0.497 e. The Morgan fingerprint density at radius 1 is 1.15 bits per heavy atom. The summed E-state index contributed by atoms with van der Waals surface area (Å²) < 4.78 is 25.4. The maximum atomic E-state index is 13.3. The second kappa shape index (κ2) is 8.45. The minimum atomic E-state index is -0.288. The van der Waals surface area contributed by atoms with E-state index in [1.54, 1.807) is 49.5 Å². The molecule has 3 aromatic rings. The van der Waals surface area contributed by atoms with Gasteiger partial charge in [-0.3, -0.25) is 5.32 Å². The van der Waals surface area contributed by atoms with Crippen molar-refractivity contribution >= 4 is 29.0 Å². The third-order valence-electron chi connectivity index (χ3n) is 3.65. The molecule has 2 N–H and O–H groups in total. The molecular weight excluding hydrogens is 369 g/mol. The van der Waals surface area contributed by atoms with Gasteiger partial charge in [0.2, 0.25) is 5.95 Å². The Hall–Kier alpha value is -3.20. The van der Waals surface area contributed by atoms with Gasteiger partial charge in [0.25, 0.3) is 0 Å². The molecule has 1 aromatic heterocycles. The highest BCUT2D eigenvalue weighted by Gasteiger charge is 2.09. The highest BCUT2D eigenvalue weighted by Crippen LogP contribution is 2.28. The fourth-order valence-electron chi connectivity index (χ4n) is 2.42. The summed E-state index contributed by atoms with van der Waals surface area (Å²) in [5, 5.41) is 10.5. The van der Waals surface area contributed by atoms with E-state index >= 15 is 0 Å². The van der Waals surface area contributed by atoms with Crippen molar-refractivity contribution in [1.29, 1.82) is 0 Å². The standard InChI is InChI=1S/C18H18FN5O2S/c1-25-14-6-7-16(26-2)15(9-14)21-18(27)22-17-20-11-24(23-17)10-12-4-3-5-13(19)8-12/h3-9,11H,10H2,1-2H3,(H2,21,22,23,27). The molecule has 0 spiro atoms. The first-order valence-corrected chi connectivity index (χ1v) is 8.42. The molecule has 1 heterocycles. The molecule has 0 aliphatic rings. The third kappa shape index (κ3) is 4.91. The van der Waals surface area contributed by atoms with Gasteiger partial charge in [0, 0.05) is 6.07 Å². The number of hydrogen-bond acceptors (Lipinski definition) is 5. The molecule has 3 rings (SSSR count). The van der Waals surface area contributed by atoms with Crippen LogP contribution < -0.4 is 20.1 Å². The van der Waals surface area contributed by atoms with Crippen LogP contribution in [0.25, 0.3) is 0 Å². The zero-order chi connectivity index (χ0) is 19.2. The van der Waals surface area contributed by atoms with Gasteiger partial charge in [-0.15, -0.1) is 5.10 Å². The number of hydrogen-bond donors (Lipinski definition) is 2. The molecule has 0 saturated carbocycles. The molecule has 0 bridgehead atoms. The second-order valence-corrected chi connectivity index (χ2v) is 5.95. The SMILES string of the molecule is COc1ccc(OC)c(NC(=S)Nc2ncn(Cc3cccc(F)c3)n2)c1. The predicted molar refractivity (Wildman–Crippen MR) is 105 cm³/mol. The van der Waals surface area contributed by atoms with Gasteiger partial charge in [0.15, 0.2) is 5.11 Å². The van der Waals surface area contributed by atoms with Crippen LogP contribution in [0.1, 0.15) is 5.56 Å². The number of nitrogens with one attached hydrogen (secondary N) is 2. The van der Waals surface area contributed by atoms with Gasteiger partial charge in [-0.1, -0.05) is 12.1 Å². The average molecular weight is 387 g/mol. The maximum absolute atomic E-state index is 13.3. The van der Waals surface area contributed by atoms with Crippen molar-refractivity contribution < 1.29 is 13.9 Å². The monoisotopic (exact) mass is 387 g/mol. The molecular formula is C18H18FN5O2S. The van der Waals surface area contributed by atoms with Crippen molar-refractivity contribution in [2.75, 3.05) is 24.9 Å². The van der Waals surface area contributed by atoms with Crippen LogP contribution in [0.5, 0.6) is 11.5 Å². The smallest absolute Gasteiger partial charge is 0.248 e. The van der Waals surface area contributed by atoms with E-state index in [9.17, 15) is 4.39 Å². The zero-order valence-electron chi connectivity index (χ0n) is 14.8. The first-order chi connectivity index (χ1) is 13.1. The largest absolute Gasteiger partial charge is 0.497 e. The van der Waals surface area contributed by atoms with Crippen molar-refractivity contribution in [2.24, 2.45) is 0 Å². The van der Waals surface area contributed by atoms with Crippen molar-refractivity contribution in [3.8, 4) is 11.5 Å². The lowest BCUT2D eigenvalue weighted by atomic mass is 10.2. The number of benzene rings is 2. The lowest BCUT2D eigenvalue weighted by Gasteiger charge is -2.13. The molecule has 9 heteroatoms. The van der Waals surface area contributed by atoms with Crippen LogP contribution in [0.2, 0.25) is 0 Å². The lowest BCUT2D eigenvalue weighted by Crippen LogP contribution is -2.20. The molecule has 0 atom stereocenters. The zero-order valence-corrected chi connectivity index (χ0v) is 15.6. The lowest BCUT2D eigenvalue weighted by molar-refractivity contribution is 0.405. The molecule has 0 aliphatic heterocycles. The molecule has 27 heavy (non-hydrogen) atoms. The number of thiocarbonyl (C=S) groups is 1. The highest BCUT2D eigenvalue weighted by atomic mass is 32.1. The van der Waals surface area contributed by atoms with Crippen LogP contribution in [0.15, 0.2) is 48.8 Å². The maximum Gasteiger partial charge on any atom is 0.248 e. The Morgan fingerprint density at radius 3 is 2.74 bits per heavy atom. The van der Waals surface area contributed by atoms with E-state index in [1.807, 2.05) is 6.07 Å². The Morgan fingerprint density at radius 2 is 2.00 bits per heavy atom. The highest BCUT2D eigenvalue weighted by molar-refractivity contribution is 7.80. The minimum absolute atomic E-state index is 0.288. The van der Waals surface area contributed by atoms with E-state index in [4.69, 9.17) is 21.7 Å². The topological polar surface area (TPSA) is 73.2 Å². The third-order valence-corrected chi connectivity index (χ3v) is 3.85. The summed E-state index contributed by atoms with van der Waals surface area (Å²) in [6.07, 6.45) is 1.54. The van der Waals surface area contributed by atoms with E-state index in [0.29, 0.717) is 34.8 Å². The van der Waals surface area contributed by atoms with Crippen molar-refractivity contribution in [3.05, 3.63) is 60.2 Å². The Bertz CT molecular complexity index is 947. The van der Waals surface area contributed by atoms with Crippen LogP contribution in [0.4, 0.5) is 16.0 Å². The second-order valence-electron chi connectivity index (χ2n) is 5.54. The van der Waals surface area contributed by atoms with Gasteiger partial charge >= 0.3 is 0 Å². The first-order valence-electron chi connectivity index (χ1n) is 8.01. The van der Waals surface area contributed by atoms with E-state index < -0.39 is 0 Å². The van der Waals surface area contributed by atoms with Crippen LogP contribution in [-0.4, -0.2) is 34.1 Å². The van der Waals surface area contributed by atoms with E-state index in [0.717, 1.165) is 5.56 Å². The molecule has 0 radical (unpaired) electrons. The Kier molecular flexibility index (Phi) is 5.82. The number of rotatable bonds is 6. The van der Waals surface area contributed by atoms with Crippen LogP contribution >= 0.6 is 12.2 Å². The van der Waals surface area contributed by atoms with Crippen molar-refractivity contribution in [1.82, 2.24) is 14.8 Å². The van der Waals surface area contributed by atoms with Gasteiger partial charge in [-0.2, -0.15) is 0 Å². The van der Waals surface area contributed by atoms with Crippen LogP contribution in [-0.2, 0) is 6.54 Å². The molecule has 140 valence electrons. The van der Waals surface area contributed by atoms with Crippen molar-refractivity contribution in [2.45, 2.75) is 6.54 Å². The molecule has 0 aliphatic carbocycles. The number of nitrogens with zero attached hydrogens (tertiary/aromatic N) is 3. The summed E-state index contributed by atoms with van der Waals surface area (Å²) in [5.41, 5.74) is 1.43. The van der Waals surface area contributed by atoms with Gasteiger partial charge in [0.05, 0.1) is 26.5 Å².